The Morgan fingerprint density at radius 1 is 1.12 bits per heavy atom. The Labute approximate surface area is 150 Å². The minimum Gasteiger partial charge on any atom is -0.378 e. The van der Waals surface area contributed by atoms with Crippen molar-refractivity contribution in [3.63, 3.8) is 0 Å². The number of rotatable bonds is 8. The monoisotopic (exact) mass is 338 g/mol. The Bertz CT molecular complexity index is 350. The molecule has 0 spiro atoms. The predicted octanol–water partition coefficient (Wildman–Crippen LogP) is 4.32. The molecule has 2 aliphatic rings. The highest BCUT2D eigenvalue weighted by Crippen LogP contribution is 2.43. The fraction of sp³-hybridized carbons (Fsp3) is 1.00. The molecule has 0 saturated carbocycles. The van der Waals surface area contributed by atoms with Crippen molar-refractivity contribution in [2.75, 3.05) is 33.3 Å². The zero-order chi connectivity index (χ0) is 17.6. The van der Waals surface area contributed by atoms with Gasteiger partial charge in [0.2, 0.25) is 0 Å². The summed E-state index contributed by atoms with van der Waals surface area (Å²) in [6, 6.07) is 0.740. The summed E-state index contributed by atoms with van der Waals surface area (Å²) in [7, 11) is 2.24. The molecule has 2 aliphatic heterocycles. The summed E-state index contributed by atoms with van der Waals surface area (Å²) in [5.41, 5.74) is 0.510. The first kappa shape index (κ1) is 20.2. The van der Waals surface area contributed by atoms with Crippen LogP contribution in [0.4, 0.5) is 0 Å². The maximum atomic E-state index is 6.08. The van der Waals surface area contributed by atoms with Gasteiger partial charge in [0.05, 0.1) is 6.10 Å². The number of piperidine rings is 1. The van der Waals surface area contributed by atoms with Crippen LogP contribution in [0.1, 0.15) is 72.6 Å². The van der Waals surface area contributed by atoms with Crippen LogP contribution >= 0.6 is 0 Å². The maximum Gasteiger partial charge on any atom is 0.0603 e. The molecule has 2 saturated heterocycles. The Kier molecular flexibility index (Phi) is 8.03. The van der Waals surface area contributed by atoms with Crippen LogP contribution in [0.2, 0.25) is 0 Å². The van der Waals surface area contributed by atoms with Crippen molar-refractivity contribution in [1.82, 2.24) is 10.2 Å². The lowest BCUT2D eigenvalue weighted by Gasteiger charge is -2.43. The molecule has 24 heavy (non-hydrogen) atoms. The topological polar surface area (TPSA) is 24.5 Å². The van der Waals surface area contributed by atoms with E-state index in [0.29, 0.717) is 17.4 Å². The minimum atomic E-state index is 0.467. The third-order valence-electron chi connectivity index (χ3n) is 6.40. The van der Waals surface area contributed by atoms with E-state index in [4.69, 9.17) is 4.74 Å². The third kappa shape index (κ3) is 6.31. The maximum absolute atomic E-state index is 6.08. The summed E-state index contributed by atoms with van der Waals surface area (Å²) < 4.78 is 6.08. The van der Waals surface area contributed by atoms with Gasteiger partial charge in [-0.05, 0) is 82.5 Å². The van der Waals surface area contributed by atoms with Crippen molar-refractivity contribution in [2.45, 2.75) is 84.8 Å². The summed E-state index contributed by atoms with van der Waals surface area (Å²) in [6.45, 7) is 14.0. The molecule has 0 aromatic carbocycles. The minimum absolute atomic E-state index is 0.467. The van der Waals surface area contributed by atoms with Crippen LogP contribution < -0.4 is 5.32 Å². The molecule has 0 aromatic heterocycles. The van der Waals surface area contributed by atoms with Gasteiger partial charge in [-0.15, -0.1) is 0 Å². The van der Waals surface area contributed by atoms with E-state index in [-0.39, 0.29) is 0 Å². The van der Waals surface area contributed by atoms with Gasteiger partial charge in [0, 0.05) is 12.6 Å². The van der Waals surface area contributed by atoms with Crippen LogP contribution in [0.5, 0.6) is 0 Å². The molecule has 0 amide bonds. The summed E-state index contributed by atoms with van der Waals surface area (Å²) in [5.74, 6) is 1.45. The highest BCUT2D eigenvalue weighted by atomic mass is 16.5. The fourth-order valence-corrected chi connectivity index (χ4v) is 4.37. The van der Waals surface area contributed by atoms with Crippen LogP contribution in [0.25, 0.3) is 0 Å². The lowest BCUT2D eigenvalue weighted by Crippen LogP contribution is -2.44. The number of ether oxygens (including phenoxy) is 1. The lowest BCUT2D eigenvalue weighted by atomic mass is 9.69. The lowest BCUT2D eigenvalue weighted by molar-refractivity contribution is -0.0763. The van der Waals surface area contributed by atoms with Gasteiger partial charge < -0.3 is 15.0 Å². The van der Waals surface area contributed by atoms with Gasteiger partial charge in [0.15, 0.2) is 0 Å². The molecule has 0 radical (unpaired) electrons. The van der Waals surface area contributed by atoms with Crippen molar-refractivity contribution in [3.8, 4) is 0 Å². The summed E-state index contributed by atoms with van der Waals surface area (Å²) >= 11 is 0. The van der Waals surface area contributed by atoms with Crippen LogP contribution in [-0.2, 0) is 4.74 Å². The van der Waals surface area contributed by atoms with Crippen molar-refractivity contribution in [2.24, 2.45) is 17.3 Å². The van der Waals surface area contributed by atoms with Gasteiger partial charge in [-0.1, -0.05) is 34.1 Å². The van der Waals surface area contributed by atoms with Gasteiger partial charge in [-0.3, -0.25) is 0 Å². The molecule has 0 unspecified atom stereocenters. The van der Waals surface area contributed by atoms with Gasteiger partial charge >= 0.3 is 0 Å². The molecule has 1 N–H and O–H groups in total. The van der Waals surface area contributed by atoms with E-state index < -0.39 is 0 Å². The zero-order valence-corrected chi connectivity index (χ0v) is 16.9. The Hall–Kier alpha value is -0.120. The van der Waals surface area contributed by atoms with E-state index in [2.05, 4.69) is 45.0 Å². The van der Waals surface area contributed by atoms with Crippen LogP contribution in [0, 0.1) is 17.3 Å². The molecule has 3 nitrogen and oxygen atoms in total. The average Bonchev–Trinajstić information content (AvgIpc) is 2.55. The number of likely N-dealkylation sites (tertiary alicyclic amines) is 1. The van der Waals surface area contributed by atoms with E-state index in [1.165, 1.54) is 64.6 Å². The van der Waals surface area contributed by atoms with Gasteiger partial charge in [-0.2, -0.15) is 0 Å². The second-order valence-electron chi connectivity index (χ2n) is 9.32. The van der Waals surface area contributed by atoms with Crippen molar-refractivity contribution >= 4 is 0 Å². The van der Waals surface area contributed by atoms with Crippen LogP contribution in [-0.4, -0.2) is 50.3 Å². The molecule has 3 heteroatoms. The average molecular weight is 339 g/mol. The van der Waals surface area contributed by atoms with Gasteiger partial charge in [0.1, 0.15) is 0 Å². The molecule has 2 fully saturated rings. The molecule has 2 heterocycles. The summed E-state index contributed by atoms with van der Waals surface area (Å²) in [4.78, 5) is 2.45. The largest absolute Gasteiger partial charge is 0.378 e. The van der Waals surface area contributed by atoms with Gasteiger partial charge in [0.25, 0.3) is 0 Å². The number of hydrogen-bond donors (Lipinski definition) is 1. The first-order valence-electron chi connectivity index (χ1n) is 10.4. The number of hydrogen-bond acceptors (Lipinski definition) is 3. The van der Waals surface area contributed by atoms with E-state index in [1.807, 2.05) is 0 Å². The molecule has 142 valence electrons. The molecule has 2 atom stereocenters. The first-order valence-corrected chi connectivity index (χ1v) is 10.4. The third-order valence-corrected chi connectivity index (χ3v) is 6.40. The quantitative estimate of drug-likeness (QED) is 0.713. The Morgan fingerprint density at radius 3 is 2.46 bits per heavy atom. The Balaban J connectivity index is 1.85. The van der Waals surface area contributed by atoms with Gasteiger partial charge in [-0.25, -0.2) is 0 Å². The highest BCUT2D eigenvalue weighted by Gasteiger charge is 2.37. The standard InChI is InChI=1S/C21H42N2O/c1-17(2)6-9-21(11-15-24-20(16-21)18(3)4)10-12-22-19-7-13-23(5)14-8-19/h17-20,22H,6-16H2,1-5H3/t20-,21-/m0/s1. The van der Waals surface area contributed by atoms with Crippen LogP contribution in [0.3, 0.4) is 0 Å². The second kappa shape index (κ2) is 9.54. The molecule has 0 bridgehead atoms. The first-order chi connectivity index (χ1) is 11.4. The normalized spacial score (nSPS) is 30.4. The highest BCUT2D eigenvalue weighted by molar-refractivity contribution is 4.88. The number of nitrogens with zero attached hydrogens (tertiary/aromatic N) is 1. The second-order valence-corrected chi connectivity index (χ2v) is 9.32. The van der Waals surface area contributed by atoms with E-state index in [0.717, 1.165) is 18.6 Å². The van der Waals surface area contributed by atoms with Crippen molar-refractivity contribution < 1.29 is 4.74 Å². The smallest absolute Gasteiger partial charge is 0.0603 e. The summed E-state index contributed by atoms with van der Waals surface area (Å²) in [5, 5.41) is 3.88. The molecule has 0 aliphatic carbocycles. The molecular weight excluding hydrogens is 296 g/mol. The molecule has 2 rings (SSSR count). The molecule has 0 aromatic rings. The van der Waals surface area contributed by atoms with Crippen LogP contribution in [0.15, 0.2) is 0 Å². The van der Waals surface area contributed by atoms with Crippen molar-refractivity contribution in [1.29, 1.82) is 0 Å². The molecular formula is C21H42N2O. The van der Waals surface area contributed by atoms with Crippen molar-refractivity contribution in [3.05, 3.63) is 0 Å². The fourth-order valence-electron chi connectivity index (χ4n) is 4.37. The van der Waals surface area contributed by atoms with E-state index >= 15 is 0 Å². The van der Waals surface area contributed by atoms with E-state index in [9.17, 15) is 0 Å². The number of nitrogens with one attached hydrogen (secondary N) is 1. The summed E-state index contributed by atoms with van der Waals surface area (Å²) in [6.07, 6.45) is 9.70. The van der Waals surface area contributed by atoms with E-state index in [1.54, 1.807) is 0 Å². The predicted molar refractivity (Wildman–Crippen MR) is 103 cm³/mol. The zero-order valence-electron chi connectivity index (χ0n) is 16.9. The Morgan fingerprint density at radius 2 is 1.83 bits per heavy atom. The SMILES string of the molecule is CC(C)CC[C@]1(CCNC2CCN(C)CC2)CCO[C@H](C(C)C)C1.